The largest absolute Gasteiger partial charge is 0.462 e. The maximum absolute atomic E-state index is 12.8. The van der Waals surface area contributed by atoms with Crippen molar-refractivity contribution >= 4 is 27.5 Å². The minimum Gasteiger partial charge on any atom is -0.462 e. The Labute approximate surface area is 191 Å². The Hall–Kier alpha value is -3.47. The van der Waals surface area contributed by atoms with Crippen LogP contribution in [0.1, 0.15) is 51.5 Å². The molecule has 1 saturated heterocycles. The molecule has 3 heterocycles. The molecule has 174 valence electrons. The monoisotopic (exact) mass is 471 g/mol. The normalized spacial score (nSPS) is 17.1. The van der Waals surface area contributed by atoms with Crippen LogP contribution in [0.3, 0.4) is 0 Å². The maximum Gasteiger partial charge on any atom is 0.341 e. The van der Waals surface area contributed by atoms with E-state index in [9.17, 15) is 18.0 Å². The van der Waals surface area contributed by atoms with Crippen molar-refractivity contribution in [2.75, 3.05) is 23.4 Å². The summed E-state index contributed by atoms with van der Waals surface area (Å²) >= 11 is 0. The molecule has 1 aliphatic rings. The molecule has 0 aliphatic carbocycles. The second-order valence-corrected chi connectivity index (χ2v) is 10.2. The van der Waals surface area contributed by atoms with Gasteiger partial charge in [-0.3, -0.25) is 4.79 Å². The number of benzene rings is 1. The first kappa shape index (κ1) is 22.7. The number of esters is 1. The molecule has 0 bridgehead atoms. The standard InChI is InChI=1S/C22H25N5O5S/c1-4-32-22(29)19-12-23-26(15(19)3)17-7-5-16(6-8-17)21(28)24-20-11-14(2)25-27(20)18-9-10-33(30,31)13-18/h5-8,11-12,18H,4,9-10,13H2,1-3H3,(H,24,28). The first-order chi connectivity index (χ1) is 15.7. The molecule has 11 heteroatoms. The molecule has 0 radical (unpaired) electrons. The van der Waals surface area contributed by atoms with E-state index < -0.39 is 15.8 Å². The predicted molar refractivity (Wildman–Crippen MR) is 121 cm³/mol. The predicted octanol–water partition coefficient (Wildman–Crippen LogP) is 2.47. The Morgan fingerprint density at radius 2 is 1.94 bits per heavy atom. The lowest BCUT2D eigenvalue weighted by Gasteiger charge is -2.14. The van der Waals surface area contributed by atoms with Gasteiger partial charge in [0.15, 0.2) is 9.84 Å². The van der Waals surface area contributed by atoms with Gasteiger partial charge in [-0.2, -0.15) is 10.2 Å². The van der Waals surface area contributed by atoms with E-state index in [0.717, 1.165) is 0 Å². The minimum absolute atomic E-state index is 0.0166. The van der Waals surface area contributed by atoms with Gasteiger partial charge in [-0.05, 0) is 51.5 Å². The molecular weight excluding hydrogens is 446 g/mol. The number of anilines is 1. The number of rotatable bonds is 6. The number of amides is 1. The summed E-state index contributed by atoms with van der Waals surface area (Å²) in [5.41, 5.74) is 2.82. The van der Waals surface area contributed by atoms with E-state index in [1.165, 1.54) is 6.20 Å². The van der Waals surface area contributed by atoms with Gasteiger partial charge >= 0.3 is 5.97 Å². The van der Waals surface area contributed by atoms with Gasteiger partial charge in [-0.1, -0.05) is 0 Å². The lowest BCUT2D eigenvalue weighted by atomic mass is 10.2. The summed E-state index contributed by atoms with van der Waals surface area (Å²) in [7, 11) is -3.08. The quantitative estimate of drug-likeness (QED) is 0.548. The van der Waals surface area contributed by atoms with Crippen LogP contribution >= 0.6 is 0 Å². The molecule has 1 amide bonds. The van der Waals surface area contributed by atoms with Crippen molar-refractivity contribution in [2.24, 2.45) is 0 Å². The summed E-state index contributed by atoms with van der Waals surface area (Å²) in [5.74, 6) is -0.170. The van der Waals surface area contributed by atoms with E-state index >= 15 is 0 Å². The molecule has 1 unspecified atom stereocenters. The fourth-order valence-electron chi connectivity index (χ4n) is 3.88. The van der Waals surface area contributed by atoms with Gasteiger partial charge in [-0.25, -0.2) is 22.6 Å². The van der Waals surface area contributed by atoms with Gasteiger partial charge in [0.1, 0.15) is 11.4 Å². The SMILES string of the molecule is CCOC(=O)c1cnn(-c2ccc(C(=O)Nc3cc(C)nn3C3CCS(=O)(=O)C3)cc2)c1C. The average molecular weight is 472 g/mol. The molecule has 2 aromatic heterocycles. The number of aryl methyl sites for hydroxylation is 1. The number of carbonyl (C=O) groups excluding carboxylic acids is 2. The fourth-order valence-corrected chi connectivity index (χ4v) is 5.57. The zero-order chi connectivity index (χ0) is 23.8. The molecule has 1 N–H and O–H groups in total. The number of hydrogen-bond donors (Lipinski definition) is 1. The van der Waals surface area contributed by atoms with Crippen LogP contribution in [0.15, 0.2) is 36.5 Å². The van der Waals surface area contributed by atoms with Gasteiger partial charge < -0.3 is 10.1 Å². The average Bonchev–Trinajstić information content (AvgIpc) is 3.44. The summed E-state index contributed by atoms with van der Waals surface area (Å²) in [6.45, 7) is 5.58. The van der Waals surface area contributed by atoms with Crippen molar-refractivity contribution in [3.05, 3.63) is 59.0 Å². The first-order valence-electron chi connectivity index (χ1n) is 10.6. The van der Waals surface area contributed by atoms with Crippen molar-refractivity contribution in [3.8, 4) is 5.69 Å². The second kappa shape index (κ2) is 8.81. The van der Waals surface area contributed by atoms with Crippen molar-refractivity contribution < 1.29 is 22.7 Å². The fraction of sp³-hybridized carbons (Fsp3) is 0.364. The highest BCUT2D eigenvalue weighted by Crippen LogP contribution is 2.27. The van der Waals surface area contributed by atoms with Gasteiger partial charge in [-0.15, -0.1) is 0 Å². The number of sulfone groups is 1. The third-order valence-electron chi connectivity index (χ3n) is 5.53. The minimum atomic E-state index is -3.08. The van der Waals surface area contributed by atoms with Crippen molar-refractivity contribution in [1.82, 2.24) is 19.6 Å². The molecule has 4 rings (SSSR count). The number of hydrogen-bond acceptors (Lipinski definition) is 7. The summed E-state index contributed by atoms with van der Waals surface area (Å²) in [5, 5.41) is 11.5. The highest BCUT2D eigenvalue weighted by atomic mass is 32.2. The molecule has 1 aromatic carbocycles. The number of nitrogens with zero attached hydrogens (tertiary/aromatic N) is 4. The zero-order valence-corrected chi connectivity index (χ0v) is 19.4. The van der Waals surface area contributed by atoms with E-state index in [0.29, 0.717) is 40.4 Å². The summed E-state index contributed by atoms with van der Waals surface area (Å²) in [6.07, 6.45) is 1.93. The van der Waals surface area contributed by atoms with E-state index in [-0.39, 0.29) is 30.1 Å². The number of aromatic nitrogens is 4. The second-order valence-electron chi connectivity index (χ2n) is 7.95. The molecule has 0 saturated carbocycles. The molecule has 1 fully saturated rings. The molecule has 1 aliphatic heterocycles. The molecule has 10 nitrogen and oxygen atoms in total. The van der Waals surface area contributed by atoms with E-state index in [1.54, 1.807) is 60.5 Å². The Balaban J connectivity index is 1.51. The van der Waals surface area contributed by atoms with E-state index in [1.807, 2.05) is 0 Å². The molecule has 3 aromatic rings. The Bertz CT molecular complexity index is 1310. The molecule has 0 spiro atoms. The topological polar surface area (TPSA) is 125 Å². The lowest BCUT2D eigenvalue weighted by Crippen LogP contribution is -2.19. The van der Waals surface area contributed by atoms with Crippen LogP contribution in [-0.4, -0.2) is 58.0 Å². The van der Waals surface area contributed by atoms with Crippen molar-refractivity contribution in [3.63, 3.8) is 0 Å². The summed E-state index contributed by atoms with van der Waals surface area (Å²) < 4.78 is 32.0. The highest BCUT2D eigenvalue weighted by molar-refractivity contribution is 7.91. The van der Waals surface area contributed by atoms with Crippen LogP contribution in [-0.2, 0) is 14.6 Å². The van der Waals surface area contributed by atoms with Crippen molar-refractivity contribution in [1.29, 1.82) is 0 Å². The number of nitrogens with one attached hydrogen (secondary N) is 1. The van der Waals surface area contributed by atoms with Gasteiger partial charge in [0.25, 0.3) is 5.91 Å². The first-order valence-corrected chi connectivity index (χ1v) is 12.4. The van der Waals surface area contributed by atoms with Crippen LogP contribution in [0.5, 0.6) is 0 Å². The summed E-state index contributed by atoms with van der Waals surface area (Å²) in [6, 6.07) is 8.21. The maximum atomic E-state index is 12.8. The Morgan fingerprint density at radius 1 is 1.21 bits per heavy atom. The number of ether oxygens (including phenoxy) is 1. The molecular formula is C22H25N5O5S. The summed E-state index contributed by atoms with van der Waals surface area (Å²) in [4.78, 5) is 24.9. The van der Waals surface area contributed by atoms with Crippen LogP contribution in [0.2, 0.25) is 0 Å². The van der Waals surface area contributed by atoms with Crippen molar-refractivity contribution in [2.45, 2.75) is 33.2 Å². The number of carbonyl (C=O) groups is 2. The van der Waals surface area contributed by atoms with Gasteiger partial charge in [0.05, 0.1) is 47.4 Å². The van der Waals surface area contributed by atoms with Crippen LogP contribution < -0.4 is 5.32 Å². The molecule has 1 atom stereocenters. The third kappa shape index (κ3) is 4.68. The third-order valence-corrected chi connectivity index (χ3v) is 7.28. The Morgan fingerprint density at radius 3 is 2.58 bits per heavy atom. The lowest BCUT2D eigenvalue weighted by molar-refractivity contribution is 0.0525. The highest BCUT2D eigenvalue weighted by Gasteiger charge is 2.31. The smallest absolute Gasteiger partial charge is 0.341 e. The van der Waals surface area contributed by atoms with Crippen LogP contribution in [0.4, 0.5) is 5.82 Å². The van der Waals surface area contributed by atoms with Gasteiger partial charge in [0, 0.05) is 11.6 Å². The van der Waals surface area contributed by atoms with E-state index in [2.05, 4.69) is 15.5 Å². The van der Waals surface area contributed by atoms with E-state index in [4.69, 9.17) is 4.74 Å². The molecule has 33 heavy (non-hydrogen) atoms. The van der Waals surface area contributed by atoms with Crippen LogP contribution in [0.25, 0.3) is 5.69 Å². The van der Waals surface area contributed by atoms with Crippen LogP contribution in [0, 0.1) is 13.8 Å². The Kier molecular flexibility index (Phi) is 6.07. The zero-order valence-electron chi connectivity index (χ0n) is 18.6. The van der Waals surface area contributed by atoms with Gasteiger partial charge in [0.2, 0.25) is 0 Å².